The van der Waals surface area contributed by atoms with Crippen molar-refractivity contribution >= 4 is 5.97 Å². The van der Waals surface area contributed by atoms with Crippen molar-refractivity contribution < 1.29 is 14.3 Å². The molecule has 0 bridgehead atoms. The topological polar surface area (TPSA) is 51.7 Å². The van der Waals surface area contributed by atoms with Crippen molar-refractivity contribution in [1.29, 1.82) is 0 Å². The molecule has 0 saturated carbocycles. The predicted molar refractivity (Wildman–Crippen MR) is 65.9 cm³/mol. The smallest absolute Gasteiger partial charge is 0.336 e. The fraction of sp³-hybridized carbons (Fsp3) is 0.538. The fourth-order valence-electron chi connectivity index (χ4n) is 2.15. The van der Waals surface area contributed by atoms with Crippen LogP contribution >= 0.6 is 0 Å². The Morgan fingerprint density at radius 2 is 2.39 bits per heavy atom. The summed E-state index contributed by atoms with van der Waals surface area (Å²) in [6.45, 7) is 4.03. The summed E-state index contributed by atoms with van der Waals surface area (Å²) in [6, 6.07) is 5.83. The Labute approximate surface area is 107 Å². The monoisotopic (exact) mass is 250 g/mol. The lowest BCUT2D eigenvalue weighted by atomic mass is 10.2. The Morgan fingerprint density at radius 1 is 1.56 bits per heavy atom. The summed E-state index contributed by atoms with van der Waals surface area (Å²) < 4.78 is 10.3. The third-order valence-corrected chi connectivity index (χ3v) is 2.91. The molecule has 98 valence electrons. The molecule has 18 heavy (non-hydrogen) atoms. The number of ether oxygens (including phenoxy) is 2. The van der Waals surface area contributed by atoms with Crippen LogP contribution in [0.5, 0.6) is 0 Å². The maximum absolute atomic E-state index is 11.5. The molecule has 5 heteroatoms. The molecule has 0 N–H and O–H groups in total. The quantitative estimate of drug-likeness (QED) is 0.744. The van der Waals surface area contributed by atoms with Crippen molar-refractivity contribution in [2.75, 3.05) is 20.2 Å². The summed E-state index contributed by atoms with van der Waals surface area (Å²) >= 11 is 0. The van der Waals surface area contributed by atoms with Gasteiger partial charge < -0.3 is 9.47 Å². The van der Waals surface area contributed by atoms with Crippen molar-refractivity contribution in [3.8, 4) is 0 Å². The van der Waals surface area contributed by atoms with E-state index in [0.717, 1.165) is 18.8 Å². The second kappa shape index (κ2) is 5.93. The minimum absolute atomic E-state index is 0.0200. The normalized spacial score (nSPS) is 24.8. The van der Waals surface area contributed by atoms with E-state index in [0.29, 0.717) is 6.54 Å². The largest absolute Gasteiger partial charge is 0.467 e. The average Bonchev–Trinajstić information content (AvgIpc) is 2.38. The summed E-state index contributed by atoms with van der Waals surface area (Å²) in [6.07, 6.45) is 1.30. The number of nitrogens with zero attached hydrogens (tertiary/aromatic N) is 2. The molecule has 1 aliphatic heterocycles. The van der Waals surface area contributed by atoms with Gasteiger partial charge in [0, 0.05) is 25.8 Å². The lowest BCUT2D eigenvalue weighted by molar-refractivity contribution is -0.166. The molecule has 1 fully saturated rings. The van der Waals surface area contributed by atoms with E-state index in [1.807, 2.05) is 25.1 Å². The number of rotatable bonds is 3. The van der Waals surface area contributed by atoms with Crippen LogP contribution in [0.4, 0.5) is 0 Å². The Morgan fingerprint density at radius 3 is 3.06 bits per heavy atom. The van der Waals surface area contributed by atoms with Gasteiger partial charge in [-0.05, 0) is 19.1 Å². The van der Waals surface area contributed by atoms with E-state index >= 15 is 0 Å². The van der Waals surface area contributed by atoms with Gasteiger partial charge in [0.1, 0.15) is 0 Å². The van der Waals surface area contributed by atoms with Crippen LogP contribution in [0.2, 0.25) is 0 Å². The van der Waals surface area contributed by atoms with Crippen molar-refractivity contribution in [2.24, 2.45) is 0 Å². The van der Waals surface area contributed by atoms with Crippen LogP contribution in [0.1, 0.15) is 12.6 Å². The lowest BCUT2D eigenvalue weighted by Crippen LogP contribution is -2.49. The van der Waals surface area contributed by atoms with Gasteiger partial charge in [0.2, 0.25) is 0 Å². The summed E-state index contributed by atoms with van der Waals surface area (Å²) in [7, 11) is 1.38. The van der Waals surface area contributed by atoms with Crippen LogP contribution in [0, 0.1) is 0 Å². The molecule has 2 rings (SSSR count). The zero-order valence-corrected chi connectivity index (χ0v) is 10.7. The highest BCUT2D eigenvalue weighted by atomic mass is 16.6. The van der Waals surface area contributed by atoms with E-state index in [9.17, 15) is 4.79 Å². The average molecular weight is 250 g/mol. The standard InChI is InChI=1S/C13H18N2O3/c1-10-7-15(8-11-5-3-4-6-14-11)9-12(18-10)13(16)17-2/h3-6,10,12H,7-9H2,1-2H3/t10-,12+/m1/s1. The number of morpholine rings is 1. The molecule has 0 unspecified atom stereocenters. The minimum atomic E-state index is -0.498. The molecule has 0 radical (unpaired) electrons. The van der Waals surface area contributed by atoms with Gasteiger partial charge in [-0.2, -0.15) is 0 Å². The van der Waals surface area contributed by atoms with Gasteiger partial charge in [-0.3, -0.25) is 9.88 Å². The molecule has 2 heterocycles. The number of hydrogen-bond acceptors (Lipinski definition) is 5. The van der Waals surface area contributed by atoms with Gasteiger partial charge in [0.15, 0.2) is 6.10 Å². The van der Waals surface area contributed by atoms with Gasteiger partial charge in [-0.25, -0.2) is 4.79 Å². The molecule has 2 atom stereocenters. The summed E-state index contributed by atoms with van der Waals surface area (Å²) in [5.41, 5.74) is 0.996. The van der Waals surface area contributed by atoms with Gasteiger partial charge in [0.05, 0.1) is 18.9 Å². The maximum Gasteiger partial charge on any atom is 0.336 e. The molecule has 1 aromatic rings. The first kappa shape index (κ1) is 13.0. The molecule has 1 aromatic heterocycles. The van der Waals surface area contributed by atoms with Crippen molar-refractivity contribution in [2.45, 2.75) is 25.7 Å². The van der Waals surface area contributed by atoms with Crippen molar-refractivity contribution in [1.82, 2.24) is 9.88 Å². The maximum atomic E-state index is 11.5. The van der Waals surface area contributed by atoms with Crippen LogP contribution in [0.25, 0.3) is 0 Å². The highest BCUT2D eigenvalue weighted by molar-refractivity contribution is 5.74. The first-order chi connectivity index (χ1) is 8.69. The first-order valence-electron chi connectivity index (χ1n) is 6.04. The fourth-order valence-corrected chi connectivity index (χ4v) is 2.15. The summed E-state index contributed by atoms with van der Waals surface area (Å²) in [4.78, 5) is 18.0. The van der Waals surface area contributed by atoms with E-state index in [1.165, 1.54) is 7.11 Å². The Hall–Kier alpha value is -1.46. The van der Waals surface area contributed by atoms with Crippen LogP contribution < -0.4 is 0 Å². The molecular formula is C13H18N2O3. The van der Waals surface area contributed by atoms with E-state index in [-0.39, 0.29) is 12.1 Å². The zero-order valence-electron chi connectivity index (χ0n) is 10.7. The third kappa shape index (κ3) is 3.27. The van der Waals surface area contributed by atoms with Gasteiger partial charge >= 0.3 is 5.97 Å². The SMILES string of the molecule is COC(=O)[C@@H]1CN(Cc2ccccn2)C[C@@H](C)O1. The number of carbonyl (C=O) groups excluding carboxylic acids is 1. The van der Waals surface area contributed by atoms with E-state index < -0.39 is 6.10 Å². The number of methoxy groups -OCH3 is 1. The Bertz CT molecular complexity index is 396. The zero-order chi connectivity index (χ0) is 13.0. The number of esters is 1. The van der Waals surface area contributed by atoms with Gasteiger partial charge in [0.25, 0.3) is 0 Å². The first-order valence-corrected chi connectivity index (χ1v) is 6.04. The predicted octanol–water partition coefficient (Wildman–Crippen LogP) is 0.844. The van der Waals surface area contributed by atoms with Crippen molar-refractivity contribution in [3.05, 3.63) is 30.1 Å². The lowest BCUT2D eigenvalue weighted by Gasteiger charge is -2.35. The molecule has 1 aliphatic rings. The molecule has 0 amide bonds. The van der Waals surface area contributed by atoms with Gasteiger partial charge in [-0.1, -0.05) is 6.07 Å². The Kier molecular flexibility index (Phi) is 4.28. The van der Waals surface area contributed by atoms with Crippen LogP contribution in [-0.2, 0) is 20.8 Å². The minimum Gasteiger partial charge on any atom is -0.467 e. The second-order valence-electron chi connectivity index (χ2n) is 4.47. The highest BCUT2D eigenvalue weighted by Crippen LogP contribution is 2.14. The third-order valence-electron chi connectivity index (χ3n) is 2.91. The molecule has 0 spiro atoms. The molecule has 5 nitrogen and oxygen atoms in total. The number of aromatic nitrogens is 1. The number of carbonyl (C=O) groups is 1. The second-order valence-corrected chi connectivity index (χ2v) is 4.47. The van der Waals surface area contributed by atoms with Crippen LogP contribution in [0.15, 0.2) is 24.4 Å². The molecular weight excluding hydrogens is 232 g/mol. The van der Waals surface area contributed by atoms with Crippen LogP contribution in [0.3, 0.4) is 0 Å². The van der Waals surface area contributed by atoms with Crippen molar-refractivity contribution in [3.63, 3.8) is 0 Å². The highest BCUT2D eigenvalue weighted by Gasteiger charge is 2.31. The van der Waals surface area contributed by atoms with Gasteiger partial charge in [-0.15, -0.1) is 0 Å². The molecule has 1 saturated heterocycles. The molecule has 0 aromatic carbocycles. The number of hydrogen-bond donors (Lipinski definition) is 0. The molecule has 0 aliphatic carbocycles. The summed E-state index contributed by atoms with van der Waals surface area (Å²) in [5, 5.41) is 0. The van der Waals surface area contributed by atoms with E-state index in [4.69, 9.17) is 9.47 Å². The Balaban J connectivity index is 1.98. The van der Waals surface area contributed by atoms with E-state index in [1.54, 1.807) is 6.20 Å². The number of pyridine rings is 1. The summed E-state index contributed by atoms with van der Waals surface area (Å²) in [5.74, 6) is -0.312. The van der Waals surface area contributed by atoms with Crippen LogP contribution in [-0.4, -0.2) is 48.3 Å². The van der Waals surface area contributed by atoms with E-state index in [2.05, 4.69) is 9.88 Å².